The summed E-state index contributed by atoms with van der Waals surface area (Å²) < 4.78 is 0.811. The first kappa shape index (κ1) is 11.2. The molecule has 0 aliphatic heterocycles. The van der Waals surface area contributed by atoms with E-state index in [1.165, 1.54) is 12.1 Å². The number of aliphatic hydroxyl groups is 1. The molecule has 0 heterocycles. The molecule has 4 nitrogen and oxygen atoms in total. The molecule has 1 aromatic carbocycles. The summed E-state index contributed by atoms with van der Waals surface area (Å²) in [6, 6.07) is 6.34. The fourth-order valence-electron chi connectivity index (χ4n) is 1.05. The number of carbonyl (C=O) groups is 1. The van der Waals surface area contributed by atoms with Crippen molar-refractivity contribution in [3.05, 3.63) is 34.3 Å². The molecule has 0 unspecified atom stereocenters. The number of hydrogen-bond acceptors (Lipinski definition) is 3. The monoisotopic (exact) mass is 259 g/mol. The quantitative estimate of drug-likeness (QED) is 0.746. The summed E-state index contributed by atoms with van der Waals surface area (Å²) >= 11 is 3.21. The number of benzene rings is 1. The molecule has 4 N–H and O–H groups in total. The summed E-state index contributed by atoms with van der Waals surface area (Å²) in [4.78, 5) is 10.8. The number of carboxylic acids is 1. The Bertz CT molecular complexity index is 338. The smallest absolute Gasteiger partial charge is 0.341 e. The lowest BCUT2D eigenvalue weighted by atomic mass is 9.94. The van der Waals surface area contributed by atoms with Gasteiger partial charge in [-0.15, -0.1) is 0 Å². The van der Waals surface area contributed by atoms with Gasteiger partial charge in [0.15, 0.2) is 5.60 Å². The van der Waals surface area contributed by atoms with Crippen LogP contribution in [0, 0.1) is 0 Å². The van der Waals surface area contributed by atoms with Gasteiger partial charge in [-0.25, -0.2) is 4.79 Å². The Hall–Kier alpha value is -0.910. The van der Waals surface area contributed by atoms with Crippen molar-refractivity contribution in [2.24, 2.45) is 5.73 Å². The van der Waals surface area contributed by atoms with Crippen molar-refractivity contribution < 1.29 is 15.0 Å². The van der Waals surface area contributed by atoms with E-state index >= 15 is 0 Å². The number of rotatable bonds is 3. The third-order valence-corrected chi connectivity index (χ3v) is 2.50. The van der Waals surface area contributed by atoms with E-state index in [2.05, 4.69) is 15.9 Å². The summed E-state index contributed by atoms with van der Waals surface area (Å²) in [5.74, 6) is -1.35. The minimum Gasteiger partial charge on any atom is -0.479 e. The first-order chi connectivity index (χ1) is 6.50. The Morgan fingerprint density at radius 3 is 2.29 bits per heavy atom. The molecule has 76 valence electrons. The fraction of sp³-hybridized carbons (Fsp3) is 0.222. The molecule has 1 atom stereocenters. The predicted molar refractivity (Wildman–Crippen MR) is 54.7 cm³/mol. The summed E-state index contributed by atoms with van der Waals surface area (Å²) in [7, 11) is 0. The van der Waals surface area contributed by atoms with Crippen molar-refractivity contribution in [1.82, 2.24) is 0 Å². The van der Waals surface area contributed by atoms with E-state index in [4.69, 9.17) is 10.8 Å². The largest absolute Gasteiger partial charge is 0.479 e. The molecular formula is C9H10BrNO3. The van der Waals surface area contributed by atoms with Crippen LogP contribution in [0.1, 0.15) is 5.56 Å². The summed E-state index contributed by atoms with van der Waals surface area (Å²) in [6.45, 7) is -0.357. The van der Waals surface area contributed by atoms with Crippen LogP contribution in [0.5, 0.6) is 0 Å². The fourth-order valence-corrected chi connectivity index (χ4v) is 1.32. The standard InChI is InChI=1S/C9H10BrNO3/c10-7-3-1-6(2-4-7)9(14,5-11)8(12)13/h1-4,14H,5,11H2,(H,12,13)/t9-/m1/s1. The summed E-state index contributed by atoms with van der Waals surface area (Å²) in [5, 5.41) is 18.5. The average molecular weight is 260 g/mol. The van der Waals surface area contributed by atoms with E-state index in [1.54, 1.807) is 12.1 Å². The third-order valence-electron chi connectivity index (χ3n) is 1.97. The Morgan fingerprint density at radius 2 is 1.93 bits per heavy atom. The van der Waals surface area contributed by atoms with E-state index in [9.17, 15) is 9.90 Å². The average Bonchev–Trinajstić information content (AvgIpc) is 2.17. The van der Waals surface area contributed by atoms with Gasteiger partial charge in [0.25, 0.3) is 0 Å². The van der Waals surface area contributed by atoms with Gasteiger partial charge in [-0.2, -0.15) is 0 Å². The Morgan fingerprint density at radius 1 is 1.43 bits per heavy atom. The van der Waals surface area contributed by atoms with Crippen molar-refractivity contribution in [1.29, 1.82) is 0 Å². The molecular weight excluding hydrogens is 250 g/mol. The molecule has 0 amide bonds. The molecule has 0 aromatic heterocycles. The summed E-state index contributed by atoms with van der Waals surface area (Å²) in [6.07, 6.45) is 0. The second-order valence-corrected chi connectivity index (χ2v) is 3.79. The van der Waals surface area contributed by atoms with Crippen molar-refractivity contribution in [3.8, 4) is 0 Å². The van der Waals surface area contributed by atoms with Gasteiger partial charge in [-0.1, -0.05) is 28.1 Å². The molecule has 5 heteroatoms. The van der Waals surface area contributed by atoms with Crippen molar-refractivity contribution in [3.63, 3.8) is 0 Å². The SMILES string of the molecule is NC[C@](O)(C(=O)O)c1ccc(Br)cc1. The van der Waals surface area contributed by atoms with Crippen LogP contribution < -0.4 is 5.73 Å². The van der Waals surface area contributed by atoms with Gasteiger partial charge < -0.3 is 15.9 Å². The second-order valence-electron chi connectivity index (χ2n) is 2.88. The van der Waals surface area contributed by atoms with Gasteiger partial charge in [0, 0.05) is 11.0 Å². The first-order valence-corrected chi connectivity index (χ1v) is 4.72. The van der Waals surface area contributed by atoms with Crippen LogP contribution in [-0.4, -0.2) is 22.7 Å². The van der Waals surface area contributed by atoms with Crippen molar-refractivity contribution >= 4 is 21.9 Å². The molecule has 0 radical (unpaired) electrons. The van der Waals surface area contributed by atoms with E-state index in [0.29, 0.717) is 0 Å². The Labute approximate surface area is 89.5 Å². The van der Waals surface area contributed by atoms with Crippen LogP contribution in [0.4, 0.5) is 0 Å². The maximum Gasteiger partial charge on any atom is 0.341 e. The maximum atomic E-state index is 10.8. The van der Waals surface area contributed by atoms with Crippen molar-refractivity contribution in [2.45, 2.75) is 5.60 Å². The highest BCUT2D eigenvalue weighted by Gasteiger charge is 2.36. The molecule has 0 aliphatic rings. The van der Waals surface area contributed by atoms with E-state index < -0.39 is 11.6 Å². The molecule has 0 fully saturated rings. The van der Waals surface area contributed by atoms with Crippen molar-refractivity contribution in [2.75, 3.05) is 6.54 Å². The van der Waals surface area contributed by atoms with Crippen LogP contribution >= 0.6 is 15.9 Å². The second kappa shape index (κ2) is 4.08. The molecule has 0 bridgehead atoms. The number of aliphatic carboxylic acids is 1. The number of nitrogens with two attached hydrogens (primary N) is 1. The lowest BCUT2D eigenvalue weighted by molar-refractivity contribution is -0.158. The van der Waals surface area contributed by atoms with Gasteiger partial charge in [-0.05, 0) is 17.7 Å². The lowest BCUT2D eigenvalue weighted by Crippen LogP contribution is -2.42. The van der Waals surface area contributed by atoms with Gasteiger partial charge in [0.05, 0.1) is 0 Å². The molecule has 1 aromatic rings. The number of hydrogen-bond donors (Lipinski definition) is 3. The van der Waals surface area contributed by atoms with Crippen LogP contribution in [0.2, 0.25) is 0 Å². The zero-order chi connectivity index (χ0) is 10.8. The van der Waals surface area contributed by atoms with E-state index in [1.807, 2.05) is 0 Å². The summed E-state index contributed by atoms with van der Waals surface area (Å²) in [5.41, 5.74) is 3.51. The zero-order valence-electron chi connectivity index (χ0n) is 7.27. The maximum absolute atomic E-state index is 10.8. The highest BCUT2D eigenvalue weighted by Crippen LogP contribution is 2.22. The third kappa shape index (κ3) is 1.95. The minimum absolute atomic E-state index is 0.274. The van der Waals surface area contributed by atoms with E-state index in [-0.39, 0.29) is 12.1 Å². The van der Waals surface area contributed by atoms with Crippen LogP contribution in [-0.2, 0) is 10.4 Å². The minimum atomic E-state index is -2.00. The predicted octanol–water partition coefficient (Wildman–Crippen LogP) is 0.680. The molecule has 0 saturated heterocycles. The molecule has 0 aliphatic carbocycles. The molecule has 0 spiro atoms. The Balaban J connectivity index is 3.13. The highest BCUT2D eigenvalue weighted by atomic mass is 79.9. The van der Waals surface area contributed by atoms with Gasteiger partial charge >= 0.3 is 5.97 Å². The number of carboxylic acid groups (broad SMARTS) is 1. The van der Waals surface area contributed by atoms with Gasteiger partial charge in [0.2, 0.25) is 0 Å². The van der Waals surface area contributed by atoms with E-state index in [0.717, 1.165) is 4.47 Å². The molecule has 14 heavy (non-hydrogen) atoms. The molecule has 1 rings (SSSR count). The van der Waals surface area contributed by atoms with Gasteiger partial charge in [0.1, 0.15) is 0 Å². The topological polar surface area (TPSA) is 83.5 Å². The lowest BCUT2D eigenvalue weighted by Gasteiger charge is -2.21. The zero-order valence-corrected chi connectivity index (χ0v) is 8.86. The highest BCUT2D eigenvalue weighted by molar-refractivity contribution is 9.10. The number of halogens is 1. The van der Waals surface area contributed by atoms with Gasteiger partial charge in [-0.3, -0.25) is 0 Å². The normalized spacial score (nSPS) is 14.8. The first-order valence-electron chi connectivity index (χ1n) is 3.92. The van der Waals surface area contributed by atoms with Crippen LogP contribution in [0.25, 0.3) is 0 Å². The Kier molecular flexibility index (Phi) is 3.25. The molecule has 0 saturated carbocycles. The van der Waals surface area contributed by atoms with Crippen LogP contribution in [0.15, 0.2) is 28.7 Å². The van der Waals surface area contributed by atoms with Crippen LogP contribution in [0.3, 0.4) is 0 Å².